The SMILES string of the molecule is CCOc1c2c(c(OCC)c3ccccc13)C1=Nc3[nH]c(c4c(OCC)c5ccccc5c(OCC)c34)N=C3NC(N=c4[nH]c(c5c(OCC)c6ccccc6c(OCC)c45)=NC2=N1)c1c3c(OCC)c2ccccc2c1OCC. The van der Waals surface area contributed by atoms with Gasteiger partial charge in [0.15, 0.2) is 17.8 Å². The normalized spacial score (nSPS) is 14.3. The predicted molar refractivity (Wildman–Crippen MR) is 316 cm³/mol. The van der Waals surface area contributed by atoms with E-state index >= 15 is 0 Å². The molecule has 16 heteroatoms. The highest BCUT2D eigenvalue weighted by atomic mass is 16.5. The molecule has 0 saturated carbocycles. The van der Waals surface area contributed by atoms with Crippen LogP contribution in [0.5, 0.6) is 46.0 Å². The molecule has 3 N–H and O–H groups in total. The number of rotatable bonds is 16. The van der Waals surface area contributed by atoms with Crippen LogP contribution in [0.25, 0.3) is 64.6 Å². The second-order valence-electron chi connectivity index (χ2n) is 19.1. The number of fused-ring (bicyclic) bond motifs is 23. The van der Waals surface area contributed by atoms with Crippen LogP contribution in [0, 0.1) is 0 Å². The Morgan fingerprint density at radius 3 is 1.11 bits per heavy atom. The fraction of sp³-hybridized carbons (Fsp3) is 0.266. The molecule has 0 saturated heterocycles. The quantitative estimate of drug-likeness (QED) is 0.0849. The van der Waals surface area contributed by atoms with Gasteiger partial charge in [-0.1, -0.05) is 97.1 Å². The number of ether oxygens (including phenoxy) is 8. The summed E-state index contributed by atoms with van der Waals surface area (Å²) in [5.41, 5.74) is 3.52. The summed E-state index contributed by atoms with van der Waals surface area (Å²) in [6, 6.07) is 32.4. The molecule has 0 fully saturated rings. The number of benzene rings is 8. The summed E-state index contributed by atoms with van der Waals surface area (Å²) >= 11 is 0. The van der Waals surface area contributed by atoms with Crippen molar-refractivity contribution in [3.63, 3.8) is 0 Å². The third kappa shape index (κ3) is 7.66. The van der Waals surface area contributed by atoms with E-state index in [1.165, 1.54) is 0 Å². The maximum absolute atomic E-state index is 6.78. The van der Waals surface area contributed by atoms with Gasteiger partial charge in [-0.05, 0) is 55.4 Å². The van der Waals surface area contributed by atoms with Crippen LogP contribution in [-0.4, -0.2) is 80.3 Å². The molecule has 0 amide bonds. The van der Waals surface area contributed by atoms with Crippen LogP contribution >= 0.6 is 0 Å². The third-order valence-corrected chi connectivity index (χ3v) is 14.6. The molecule has 0 radical (unpaired) electrons. The molecule has 3 aliphatic rings. The Hall–Kier alpha value is -9.31. The van der Waals surface area contributed by atoms with Gasteiger partial charge in [0.1, 0.15) is 74.4 Å². The molecular formula is C64H60N8O8. The van der Waals surface area contributed by atoms with Crippen LogP contribution in [0.4, 0.5) is 11.6 Å². The maximum atomic E-state index is 6.78. The summed E-state index contributed by atoms with van der Waals surface area (Å²) in [5.74, 6) is 6.83. The zero-order valence-corrected chi connectivity index (χ0v) is 46.0. The standard InChI is InChI=1S/C64H60N8O8/c1-9-73-49-33-25-17-18-26-34(33)50(74-10-2)42-41(49)57-65-58(42)70-60-45-46(54(78-14-6)38-30-22-21-29-37(38)53(45)77-13-5)62(67-60)72-64-48-47(55(79-15-7)39-31-23-24-32-40(39)56(48)80-16-8)63(68-64)71-61-44-43(59(66-61)69-57)51(75-11-3)35-27-19-20-28-36(35)52(44)76-12-4/h17-32,57,67H,9-16H2,1-8H3,(H,65,70)(H,66,68,69,71,72). The van der Waals surface area contributed by atoms with E-state index in [9.17, 15) is 0 Å². The number of aromatic amines is 2. The van der Waals surface area contributed by atoms with Crippen molar-refractivity contribution in [1.82, 2.24) is 15.3 Å². The Morgan fingerprint density at radius 2 is 0.675 bits per heavy atom. The predicted octanol–water partition coefficient (Wildman–Crippen LogP) is 12.9. The smallest absolute Gasteiger partial charge is 0.168 e. The van der Waals surface area contributed by atoms with Gasteiger partial charge in [0, 0.05) is 43.1 Å². The molecule has 8 aromatic carbocycles. The molecule has 404 valence electrons. The van der Waals surface area contributed by atoms with Crippen molar-refractivity contribution in [3.05, 3.63) is 130 Å². The Morgan fingerprint density at radius 1 is 0.338 bits per heavy atom. The first-order chi connectivity index (χ1) is 39.4. The second-order valence-corrected chi connectivity index (χ2v) is 19.1. The first kappa shape index (κ1) is 50.2. The average Bonchev–Trinajstić information content (AvgIpc) is 4.42. The lowest BCUT2D eigenvalue weighted by Gasteiger charge is -2.19. The van der Waals surface area contributed by atoms with Crippen molar-refractivity contribution in [2.75, 3.05) is 52.9 Å². The fourth-order valence-electron chi connectivity index (χ4n) is 11.8. The molecule has 10 aromatic rings. The monoisotopic (exact) mass is 1070 g/mol. The molecule has 2 aromatic heterocycles. The zero-order chi connectivity index (χ0) is 54.8. The molecule has 5 heterocycles. The van der Waals surface area contributed by atoms with Crippen molar-refractivity contribution in [2.45, 2.75) is 61.6 Å². The molecule has 8 bridgehead atoms. The van der Waals surface area contributed by atoms with E-state index in [1.54, 1.807) is 0 Å². The van der Waals surface area contributed by atoms with E-state index in [2.05, 4.69) is 27.4 Å². The highest BCUT2D eigenvalue weighted by Crippen LogP contribution is 2.54. The summed E-state index contributed by atoms with van der Waals surface area (Å²) in [6.45, 7) is 18.7. The van der Waals surface area contributed by atoms with E-state index in [1.807, 2.05) is 140 Å². The molecule has 3 aliphatic heterocycles. The Bertz CT molecular complexity index is 4400. The minimum Gasteiger partial charge on any atom is -0.493 e. The number of hydrogen-bond donors (Lipinski definition) is 3. The number of hydrogen-bond acceptors (Lipinski definition) is 14. The lowest BCUT2D eigenvalue weighted by molar-refractivity contribution is 0.332. The van der Waals surface area contributed by atoms with Gasteiger partial charge in [-0.15, -0.1) is 0 Å². The lowest BCUT2D eigenvalue weighted by Crippen LogP contribution is -2.22. The van der Waals surface area contributed by atoms with Gasteiger partial charge in [0.25, 0.3) is 0 Å². The highest BCUT2D eigenvalue weighted by molar-refractivity contribution is 6.30. The lowest BCUT2D eigenvalue weighted by atomic mass is 9.97. The number of aromatic nitrogens is 2. The van der Waals surface area contributed by atoms with Crippen molar-refractivity contribution in [2.24, 2.45) is 25.0 Å². The second kappa shape index (κ2) is 20.5. The van der Waals surface area contributed by atoms with Crippen molar-refractivity contribution in [1.29, 1.82) is 0 Å². The van der Waals surface area contributed by atoms with Gasteiger partial charge in [-0.3, -0.25) is 0 Å². The summed E-state index contributed by atoms with van der Waals surface area (Å²) < 4.78 is 54.1. The highest BCUT2D eigenvalue weighted by Gasteiger charge is 2.39. The van der Waals surface area contributed by atoms with Crippen molar-refractivity contribution in [3.8, 4) is 46.0 Å². The topological polar surface area (TPSA) is 179 Å². The minimum atomic E-state index is -0.834. The van der Waals surface area contributed by atoms with E-state index < -0.39 is 6.17 Å². The summed E-state index contributed by atoms with van der Waals surface area (Å²) in [6.07, 6.45) is -0.834. The van der Waals surface area contributed by atoms with Crippen LogP contribution in [0.15, 0.2) is 122 Å². The summed E-state index contributed by atoms with van der Waals surface area (Å²) in [4.78, 5) is 35.6. The maximum Gasteiger partial charge on any atom is 0.168 e. The number of H-pyrrole nitrogens is 2. The summed E-state index contributed by atoms with van der Waals surface area (Å²) in [5, 5.41) is 13.2. The number of aliphatic imine (C=N–C) groups is 3. The van der Waals surface area contributed by atoms with Crippen molar-refractivity contribution >= 4 is 93.8 Å². The van der Waals surface area contributed by atoms with E-state index in [4.69, 9.17) is 62.9 Å². The van der Waals surface area contributed by atoms with Crippen LogP contribution < -0.4 is 54.2 Å². The Balaban J connectivity index is 1.29. The molecule has 13 rings (SSSR count). The zero-order valence-electron chi connectivity index (χ0n) is 46.0. The van der Waals surface area contributed by atoms with E-state index in [0.29, 0.717) is 177 Å². The number of amidine groups is 3. The molecule has 1 unspecified atom stereocenters. The Kier molecular flexibility index (Phi) is 12.9. The van der Waals surface area contributed by atoms with Crippen LogP contribution in [0.3, 0.4) is 0 Å². The number of nitrogens with zero attached hydrogens (tertiary/aromatic N) is 5. The van der Waals surface area contributed by atoms with Gasteiger partial charge >= 0.3 is 0 Å². The minimum absolute atomic E-state index is 0.319. The summed E-state index contributed by atoms with van der Waals surface area (Å²) in [7, 11) is 0. The molecule has 80 heavy (non-hydrogen) atoms. The third-order valence-electron chi connectivity index (χ3n) is 14.6. The van der Waals surface area contributed by atoms with Gasteiger partial charge < -0.3 is 53.2 Å². The van der Waals surface area contributed by atoms with Gasteiger partial charge in [0.2, 0.25) is 0 Å². The van der Waals surface area contributed by atoms with Gasteiger partial charge in [-0.2, -0.15) is 0 Å². The number of nitrogens with one attached hydrogen (secondary N) is 3. The molecule has 0 aliphatic carbocycles. The average molecular weight is 1070 g/mol. The largest absolute Gasteiger partial charge is 0.493 e. The van der Waals surface area contributed by atoms with Gasteiger partial charge in [0.05, 0.1) is 96.7 Å². The van der Waals surface area contributed by atoms with E-state index in [-0.39, 0.29) is 0 Å². The molecule has 1 atom stereocenters. The fourth-order valence-corrected chi connectivity index (χ4v) is 11.8. The van der Waals surface area contributed by atoms with Crippen LogP contribution in [0.2, 0.25) is 0 Å². The molecular weight excluding hydrogens is 1010 g/mol. The first-order valence-electron chi connectivity index (χ1n) is 27.8. The van der Waals surface area contributed by atoms with Crippen LogP contribution in [0.1, 0.15) is 83.8 Å². The van der Waals surface area contributed by atoms with E-state index in [0.717, 1.165) is 48.7 Å². The van der Waals surface area contributed by atoms with Crippen molar-refractivity contribution < 1.29 is 37.9 Å². The Labute approximate surface area is 460 Å². The van der Waals surface area contributed by atoms with Gasteiger partial charge in [-0.25, -0.2) is 25.0 Å². The molecule has 16 nitrogen and oxygen atoms in total. The molecule has 0 spiro atoms. The first-order valence-corrected chi connectivity index (χ1v) is 27.8. The van der Waals surface area contributed by atoms with Crippen LogP contribution in [-0.2, 0) is 0 Å².